The summed E-state index contributed by atoms with van der Waals surface area (Å²) in [6, 6.07) is 11.4. The number of thiophene rings is 2. The van der Waals surface area contributed by atoms with E-state index in [-0.39, 0.29) is 12.2 Å². The van der Waals surface area contributed by atoms with E-state index in [0.717, 1.165) is 26.4 Å². The molecule has 0 atom stereocenters. The van der Waals surface area contributed by atoms with Gasteiger partial charge in [-0.25, -0.2) is 4.98 Å². The van der Waals surface area contributed by atoms with E-state index >= 15 is 0 Å². The minimum absolute atomic E-state index is 0.0811. The number of ether oxygens (including phenoxy) is 3. The van der Waals surface area contributed by atoms with Crippen LogP contribution in [0.15, 0.2) is 41.8 Å². The first-order chi connectivity index (χ1) is 14.5. The Morgan fingerprint density at radius 3 is 2.40 bits per heavy atom. The fourth-order valence-electron chi connectivity index (χ4n) is 3.27. The third kappa shape index (κ3) is 3.59. The third-order valence-electron chi connectivity index (χ3n) is 4.71. The molecule has 30 heavy (non-hydrogen) atoms. The van der Waals surface area contributed by atoms with Crippen molar-refractivity contribution in [1.29, 1.82) is 0 Å². The number of ketones is 1. The number of methoxy groups -OCH3 is 3. The van der Waals surface area contributed by atoms with Crippen LogP contribution in [-0.4, -0.2) is 32.1 Å². The summed E-state index contributed by atoms with van der Waals surface area (Å²) < 4.78 is 16.1. The second kappa shape index (κ2) is 8.33. The molecule has 6 nitrogen and oxygen atoms in total. The molecule has 0 saturated heterocycles. The van der Waals surface area contributed by atoms with Gasteiger partial charge >= 0.3 is 0 Å². The normalized spacial score (nSPS) is 10.9. The van der Waals surface area contributed by atoms with Crippen molar-refractivity contribution >= 4 is 44.4 Å². The Balaban J connectivity index is 1.67. The number of rotatable bonds is 7. The highest BCUT2D eigenvalue weighted by Gasteiger charge is 2.20. The van der Waals surface area contributed by atoms with Gasteiger partial charge in [0, 0.05) is 11.8 Å². The maximum absolute atomic E-state index is 13.1. The number of hydrogen-bond acceptors (Lipinski definition) is 8. The third-order valence-corrected chi connectivity index (χ3v) is 6.76. The topological polar surface area (TPSA) is 83.7 Å². The number of pyridine rings is 1. The van der Waals surface area contributed by atoms with E-state index in [1.54, 1.807) is 44.8 Å². The van der Waals surface area contributed by atoms with Gasteiger partial charge in [-0.2, -0.15) is 0 Å². The average molecular weight is 441 g/mol. The number of hydrogen-bond donors (Lipinski definition) is 1. The Morgan fingerprint density at radius 2 is 1.80 bits per heavy atom. The van der Waals surface area contributed by atoms with Crippen molar-refractivity contribution in [2.45, 2.75) is 6.42 Å². The first-order valence-electron chi connectivity index (χ1n) is 9.10. The molecule has 0 aliphatic heterocycles. The van der Waals surface area contributed by atoms with Crippen LogP contribution in [0.25, 0.3) is 20.8 Å². The first-order valence-corrected chi connectivity index (χ1v) is 10.8. The van der Waals surface area contributed by atoms with E-state index in [2.05, 4.69) is 0 Å². The minimum Gasteiger partial charge on any atom is -0.493 e. The summed E-state index contributed by atoms with van der Waals surface area (Å²) in [5.41, 5.74) is 8.40. The van der Waals surface area contributed by atoms with E-state index in [9.17, 15) is 4.79 Å². The molecule has 0 fully saturated rings. The number of anilines is 1. The number of Topliss-reactive ketones (excluding diaryl/α,β-unsaturated/α-hetero) is 1. The van der Waals surface area contributed by atoms with Crippen LogP contribution in [0.1, 0.15) is 15.2 Å². The van der Waals surface area contributed by atoms with Gasteiger partial charge in [-0.3, -0.25) is 4.79 Å². The SMILES string of the molecule is COc1cc(CC(=O)c2sc3nc(-c4cccs4)ccc3c2N)cc(OC)c1OC. The number of fused-ring (bicyclic) bond motifs is 1. The molecule has 0 bridgehead atoms. The summed E-state index contributed by atoms with van der Waals surface area (Å²) >= 11 is 2.95. The van der Waals surface area contributed by atoms with Crippen LogP contribution in [0, 0.1) is 0 Å². The molecular formula is C22H20N2O4S2. The molecule has 154 valence electrons. The molecule has 3 aromatic heterocycles. The number of carbonyl (C=O) groups is 1. The Hall–Kier alpha value is -3.10. The van der Waals surface area contributed by atoms with Gasteiger partial charge in [-0.1, -0.05) is 6.07 Å². The van der Waals surface area contributed by atoms with Crippen molar-refractivity contribution < 1.29 is 19.0 Å². The Kier molecular flexibility index (Phi) is 5.61. The monoisotopic (exact) mass is 440 g/mol. The molecule has 8 heteroatoms. The van der Waals surface area contributed by atoms with E-state index in [1.807, 2.05) is 29.6 Å². The molecule has 0 aliphatic rings. The van der Waals surface area contributed by atoms with Crippen molar-refractivity contribution in [2.24, 2.45) is 0 Å². The maximum atomic E-state index is 13.1. The lowest BCUT2D eigenvalue weighted by atomic mass is 10.1. The number of benzene rings is 1. The first kappa shape index (κ1) is 20.2. The molecule has 1 aromatic carbocycles. The van der Waals surface area contributed by atoms with Crippen molar-refractivity contribution in [1.82, 2.24) is 4.98 Å². The number of aromatic nitrogens is 1. The summed E-state index contributed by atoms with van der Waals surface area (Å²) in [7, 11) is 4.63. The summed E-state index contributed by atoms with van der Waals surface area (Å²) in [6.45, 7) is 0. The lowest BCUT2D eigenvalue weighted by molar-refractivity contribution is 0.0997. The van der Waals surface area contributed by atoms with E-state index < -0.39 is 0 Å². The van der Waals surface area contributed by atoms with Crippen LogP contribution < -0.4 is 19.9 Å². The lowest BCUT2D eigenvalue weighted by Gasteiger charge is -2.13. The fraction of sp³-hybridized carbons (Fsp3) is 0.182. The average Bonchev–Trinajstić information content (AvgIpc) is 3.41. The minimum atomic E-state index is -0.0811. The van der Waals surface area contributed by atoms with Gasteiger partial charge in [-0.15, -0.1) is 22.7 Å². The molecule has 3 heterocycles. The number of nitrogens with zero attached hydrogens (tertiary/aromatic N) is 1. The van der Waals surface area contributed by atoms with Gasteiger partial charge in [0.05, 0.1) is 42.5 Å². The van der Waals surface area contributed by atoms with E-state index in [1.165, 1.54) is 11.3 Å². The standard InChI is InChI=1S/C22H20N2O4S2/c1-26-16-10-12(11-17(27-2)20(16)28-3)9-15(25)21-19(23)13-6-7-14(24-22(13)30-21)18-5-4-8-29-18/h4-8,10-11H,9,23H2,1-3H3. The number of nitrogen functional groups attached to an aromatic ring is 1. The zero-order valence-corrected chi connectivity index (χ0v) is 18.4. The highest BCUT2D eigenvalue weighted by molar-refractivity contribution is 7.21. The molecule has 0 aliphatic carbocycles. The van der Waals surface area contributed by atoms with Crippen LogP contribution in [0.3, 0.4) is 0 Å². The molecule has 4 rings (SSSR count). The molecule has 0 amide bonds. The van der Waals surface area contributed by atoms with Gasteiger partial charge in [0.1, 0.15) is 4.83 Å². The summed E-state index contributed by atoms with van der Waals surface area (Å²) in [4.78, 5) is 20.1. The van der Waals surface area contributed by atoms with Gasteiger partial charge in [0.15, 0.2) is 17.3 Å². The molecule has 2 N–H and O–H groups in total. The lowest BCUT2D eigenvalue weighted by Crippen LogP contribution is -2.05. The fourth-order valence-corrected chi connectivity index (χ4v) is 5.00. The predicted molar refractivity (Wildman–Crippen MR) is 121 cm³/mol. The largest absolute Gasteiger partial charge is 0.493 e. The van der Waals surface area contributed by atoms with Crippen molar-refractivity contribution in [3.63, 3.8) is 0 Å². The van der Waals surface area contributed by atoms with Crippen LogP contribution >= 0.6 is 22.7 Å². The van der Waals surface area contributed by atoms with Crippen molar-refractivity contribution in [3.05, 3.63) is 52.2 Å². The second-order valence-corrected chi connectivity index (χ2v) is 8.45. The highest BCUT2D eigenvalue weighted by atomic mass is 32.1. The van der Waals surface area contributed by atoms with Crippen LogP contribution in [0.2, 0.25) is 0 Å². The second-order valence-electron chi connectivity index (χ2n) is 6.50. The van der Waals surface area contributed by atoms with Gasteiger partial charge in [0.25, 0.3) is 0 Å². The van der Waals surface area contributed by atoms with Gasteiger partial charge < -0.3 is 19.9 Å². The Morgan fingerprint density at radius 1 is 1.07 bits per heavy atom. The molecule has 4 aromatic rings. The maximum Gasteiger partial charge on any atom is 0.203 e. The molecule has 0 saturated carbocycles. The smallest absolute Gasteiger partial charge is 0.203 e. The Labute approximate surface area is 181 Å². The van der Waals surface area contributed by atoms with Crippen LogP contribution in [-0.2, 0) is 6.42 Å². The Bertz CT molecular complexity index is 1190. The number of carbonyl (C=O) groups excluding carboxylic acids is 1. The summed E-state index contributed by atoms with van der Waals surface area (Å²) in [5.74, 6) is 1.42. The molecular weight excluding hydrogens is 420 g/mol. The highest BCUT2D eigenvalue weighted by Crippen LogP contribution is 2.39. The van der Waals surface area contributed by atoms with E-state index in [0.29, 0.717) is 27.8 Å². The zero-order chi connectivity index (χ0) is 21.3. The van der Waals surface area contributed by atoms with Gasteiger partial charge in [0.2, 0.25) is 5.75 Å². The molecule has 0 unspecified atom stereocenters. The van der Waals surface area contributed by atoms with Crippen LogP contribution in [0.5, 0.6) is 17.2 Å². The quantitative estimate of drug-likeness (QED) is 0.405. The van der Waals surface area contributed by atoms with Crippen molar-refractivity contribution in [2.75, 3.05) is 27.1 Å². The summed E-state index contributed by atoms with van der Waals surface area (Å²) in [6.07, 6.45) is 0.158. The number of nitrogens with two attached hydrogens (primary N) is 1. The van der Waals surface area contributed by atoms with E-state index in [4.69, 9.17) is 24.9 Å². The molecule has 0 spiro atoms. The summed E-state index contributed by atoms with van der Waals surface area (Å²) in [5, 5.41) is 2.81. The molecule has 0 radical (unpaired) electrons. The van der Waals surface area contributed by atoms with Crippen LogP contribution in [0.4, 0.5) is 5.69 Å². The van der Waals surface area contributed by atoms with Gasteiger partial charge in [-0.05, 0) is 41.3 Å². The zero-order valence-electron chi connectivity index (χ0n) is 16.7. The van der Waals surface area contributed by atoms with Crippen molar-refractivity contribution in [3.8, 4) is 27.8 Å². The predicted octanol–water partition coefficient (Wildman–Crippen LogP) is 5.06.